The Balaban J connectivity index is 0.000000148. The van der Waals surface area contributed by atoms with Gasteiger partial charge in [0.25, 0.3) is 0 Å². The molecule has 0 saturated carbocycles. The molecule has 3 aliphatic rings. The van der Waals surface area contributed by atoms with Crippen molar-refractivity contribution in [2.24, 2.45) is 0 Å². The zero-order valence-corrected chi connectivity index (χ0v) is 21.4. The van der Waals surface area contributed by atoms with Crippen molar-refractivity contribution in [1.29, 1.82) is 0 Å². The largest absolute Gasteiger partial charge is 0.385 e. The number of dihydropyridines is 1. The minimum Gasteiger partial charge on any atom is -0.385 e. The fourth-order valence-electron chi connectivity index (χ4n) is 5.19. The predicted molar refractivity (Wildman–Crippen MR) is 148 cm³/mol. The number of hydrogen-bond donors (Lipinski definition) is 1. The Labute approximate surface area is 213 Å². The third-order valence-corrected chi connectivity index (χ3v) is 7.29. The van der Waals surface area contributed by atoms with Gasteiger partial charge < -0.3 is 5.32 Å². The number of fused-ring (bicyclic) bond motifs is 4. The molecule has 2 aromatic carbocycles. The van der Waals surface area contributed by atoms with Crippen molar-refractivity contribution in [3.05, 3.63) is 121 Å². The fourth-order valence-corrected chi connectivity index (χ4v) is 5.37. The van der Waals surface area contributed by atoms with E-state index in [1.807, 2.05) is 18.5 Å². The third-order valence-electron chi connectivity index (χ3n) is 7.06. The summed E-state index contributed by atoms with van der Waals surface area (Å²) in [5, 5.41) is 9.61. The minimum absolute atomic E-state index is 0.462. The molecule has 2 heterocycles. The summed E-state index contributed by atoms with van der Waals surface area (Å²) < 4.78 is 0. The normalized spacial score (nSPS) is 17.2. The number of nitrogens with one attached hydrogen (secondary N) is 1. The lowest BCUT2D eigenvalue weighted by molar-refractivity contribution is 0.743. The van der Waals surface area contributed by atoms with E-state index in [0.717, 1.165) is 24.3 Å². The maximum atomic E-state index is 6.09. The van der Waals surface area contributed by atoms with Gasteiger partial charge in [-0.15, -0.1) is 0 Å². The van der Waals surface area contributed by atoms with Crippen LogP contribution in [0.1, 0.15) is 48.4 Å². The van der Waals surface area contributed by atoms with E-state index in [0.29, 0.717) is 6.04 Å². The Kier molecular flexibility index (Phi) is 7.20. The Hall–Kier alpha value is -3.10. The molecule has 0 bridgehead atoms. The highest BCUT2D eigenvalue weighted by Gasteiger charge is 2.11. The molecule has 1 unspecified atom stereocenters. The molecule has 2 nitrogen and oxygen atoms in total. The zero-order chi connectivity index (χ0) is 24.2. The van der Waals surface area contributed by atoms with E-state index in [1.165, 1.54) is 62.4 Å². The molecule has 2 aliphatic carbocycles. The molecule has 0 fully saturated rings. The van der Waals surface area contributed by atoms with Crippen LogP contribution in [0.25, 0.3) is 12.2 Å². The van der Waals surface area contributed by atoms with Gasteiger partial charge in [0.1, 0.15) is 0 Å². The molecule has 178 valence electrons. The van der Waals surface area contributed by atoms with Crippen LogP contribution >= 0.6 is 11.6 Å². The quantitative estimate of drug-likeness (QED) is 0.509. The van der Waals surface area contributed by atoms with Crippen LogP contribution in [-0.4, -0.2) is 11.0 Å². The van der Waals surface area contributed by atoms with Gasteiger partial charge in [-0.05, 0) is 113 Å². The lowest BCUT2D eigenvalue weighted by atomic mass is 9.89. The van der Waals surface area contributed by atoms with Crippen LogP contribution in [0.2, 0.25) is 5.02 Å². The molecule has 35 heavy (non-hydrogen) atoms. The number of aryl methyl sites for hydroxylation is 2. The monoisotopic (exact) mass is 480 g/mol. The Morgan fingerprint density at radius 2 is 1.86 bits per heavy atom. The summed E-state index contributed by atoms with van der Waals surface area (Å²) in [6.45, 7) is 4.23. The van der Waals surface area contributed by atoms with E-state index in [9.17, 15) is 0 Å². The van der Waals surface area contributed by atoms with Gasteiger partial charge in [0, 0.05) is 29.7 Å². The van der Waals surface area contributed by atoms with Gasteiger partial charge in [0.2, 0.25) is 0 Å². The van der Waals surface area contributed by atoms with E-state index < -0.39 is 0 Å². The van der Waals surface area contributed by atoms with Crippen LogP contribution in [-0.2, 0) is 19.3 Å². The second-order valence-corrected chi connectivity index (χ2v) is 10.2. The van der Waals surface area contributed by atoms with E-state index in [2.05, 4.69) is 85.0 Å². The van der Waals surface area contributed by atoms with Gasteiger partial charge in [-0.1, -0.05) is 60.2 Å². The van der Waals surface area contributed by atoms with Crippen molar-refractivity contribution in [3.63, 3.8) is 0 Å². The SMILES string of the molecule is Cc1cncc(CCC2=CNC(C)C=C2)c1.Clc1ccc2c(c1)=CCc1c3c(ccc1=2)=CCCC3. The van der Waals surface area contributed by atoms with Crippen LogP contribution in [0.5, 0.6) is 0 Å². The molecule has 0 spiro atoms. The number of pyridine rings is 1. The summed E-state index contributed by atoms with van der Waals surface area (Å²) >= 11 is 6.09. The number of hydrogen-bond acceptors (Lipinski definition) is 2. The van der Waals surface area contributed by atoms with Crippen molar-refractivity contribution in [2.75, 3.05) is 0 Å². The average Bonchev–Trinajstić information content (AvgIpc) is 2.88. The van der Waals surface area contributed by atoms with Crippen molar-refractivity contribution in [2.45, 2.75) is 58.4 Å². The standard InChI is InChI=1S/C18H15Cl.C14H18N2/c19-14-7-10-16-13(11-14)6-9-17-15-4-2-1-3-12(15)5-8-18(16)17;1-11-7-14(9-15-8-11)6-5-13-4-3-12(2)16-10-13/h3,5-8,10-11H,1-2,4,9H2;3-4,7-10,12,16H,5-6H2,1-2H3. The number of rotatable bonds is 3. The Morgan fingerprint density at radius 3 is 2.69 bits per heavy atom. The van der Waals surface area contributed by atoms with Gasteiger partial charge in [-0.2, -0.15) is 0 Å². The minimum atomic E-state index is 0.462. The molecule has 6 rings (SSSR count). The van der Waals surface area contributed by atoms with Gasteiger partial charge in [0.05, 0.1) is 0 Å². The first-order valence-electron chi connectivity index (χ1n) is 12.7. The van der Waals surface area contributed by atoms with Crippen molar-refractivity contribution in [3.8, 4) is 0 Å². The van der Waals surface area contributed by atoms with Crippen molar-refractivity contribution >= 4 is 23.8 Å². The fraction of sp³-hybridized carbons (Fsp3) is 0.281. The number of benzene rings is 2. The maximum Gasteiger partial charge on any atom is 0.0413 e. The topological polar surface area (TPSA) is 24.9 Å². The summed E-state index contributed by atoms with van der Waals surface area (Å²) in [5.41, 5.74) is 7.01. The number of allylic oxidation sites excluding steroid dienone is 2. The van der Waals surface area contributed by atoms with Crippen molar-refractivity contribution < 1.29 is 0 Å². The van der Waals surface area contributed by atoms with E-state index >= 15 is 0 Å². The lowest BCUT2D eigenvalue weighted by Crippen LogP contribution is -2.20. The van der Waals surface area contributed by atoms with Gasteiger partial charge in [-0.3, -0.25) is 4.98 Å². The first kappa shape index (κ1) is 23.6. The maximum absolute atomic E-state index is 6.09. The molecular formula is C32H33ClN2. The van der Waals surface area contributed by atoms with Crippen LogP contribution in [0, 0.1) is 17.4 Å². The van der Waals surface area contributed by atoms with Gasteiger partial charge >= 0.3 is 0 Å². The van der Waals surface area contributed by atoms with Crippen LogP contribution in [0.4, 0.5) is 0 Å². The van der Waals surface area contributed by atoms with E-state index in [-0.39, 0.29) is 0 Å². The number of aromatic nitrogens is 1. The summed E-state index contributed by atoms with van der Waals surface area (Å²) in [6.07, 6.45) is 22.0. The first-order chi connectivity index (χ1) is 17.1. The Morgan fingerprint density at radius 1 is 0.971 bits per heavy atom. The van der Waals surface area contributed by atoms with Crippen LogP contribution in [0.15, 0.2) is 72.7 Å². The third kappa shape index (κ3) is 5.60. The van der Waals surface area contributed by atoms with E-state index in [4.69, 9.17) is 11.6 Å². The predicted octanol–water partition coefficient (Wildman–Crippen LogP) is 5.83. The summed E-state index contributed by atoms with van der Waals surface area (Å²) in [7, 11) is 0. The molecule has 0 radical (unpaired) electrons. The zero-order valence-electron chi connectivity index (χ0n) is 20.7. The van der Waals surface area contributed by atoms with Crippen LogP contribution < -0.4 is 15.8 Å². The first-order valence-corrected chi connectivity index (χ1v) is 13.1. The number of nitrogens with zero attached hydrogens (tertiary/aromatic N) is 1. The van der Waals surface area contributed by atoms with Crippen LogP contribution in [0.3, 0.4) is 0 Å². The highest BCUT2D eigenvalue weighted by molar-refractivity contribution is 6.30. The van der Waals surface area contributed by atoms with Gasteiger partial charge in [-0.25, -0.2) is 0 Å². The summed E-state index contributed by atoms with van der Waals surface area (Å²) in [4.78, 5) is 4.21. The molecule has 1 aromatic heterocycles. The number of halogens is 1. The molecule has 3 aromatic rings. The second-order valence-electron chi connectivity index (χ2n) is 9.80. The summed E-state index contributed by atoms with van der Waals surface area (Å²) in [5.74, 6) is 0. The lowest BCUT2D eigenvalue weighted by Gasteiger charge is -2.16. The molecule has 1 atom stereocenters. The molecule has 3 heteroatoms. The molecule has 1 aliphatic heterocycles. The summed E-state index contributed by atoms with van der Waals surface area (Å²) in [6, 6.07) is 13.5. The molecule has 1 N–H and O–H groups in total. The molecular weight excluding hydrogens is 448 g/mol. The highest BCUT2D eigenvalue weighted by atomic mass is 35.5. The molecule has 0 saturated heterocycles. The average molecular weight is 481 g/mol. The highest BCUT2D eigenvalue weighted by Crippen LogP contribution is 2.18. The molecule has 0 amide bonds. The van der Waals surface area contributed by atoms with Crippen molar-refractivity contribution in [1.82, 2.24) is 10.3 Å². The second kappa shape index (κ2) is 10.7. The van der Waals surface area contributed by atoms with Gasteiger partial charge in [0.15, 0.2) is 0 Å². The Bertz CT molecular complexity index is 1510. The smallest absolute Gasteiger partial charge is 0.0413 e. The van der Waals surface area contributed by atoms with E-state index in [1.54, 1.807) is 5.56 Å².